The monoisotopic (exact) mass is 452 g/mol. The van der Waals surface area contributed by atoms with Crippen LogP contribution in [0.4, 0.5) is 4.39 Å². The summed E-state index contributed by atoms with van der Waals surface area (Å²) in [6.45, 7) is 2.13. The third-order valence-corrected chi connectivity index (χ3v) is 5.78. The molecule has 2 atom stereocenters. The van der Waals surface area contributed by atoms with Crippen molar-refractivity contribution in [1.82, 2.24) is 5.32 Å². The second kappa shape index (κ2) is 8.47. The number of aromatic hydroxyl groups is 1. The van der Waals surface area contributed by atoms with Crippen LogP contribution in [0.1, 0.15) is 47.8 Å². The molecule has 0 aliphatic carbocycles. The minimum absolute atomic E-state index is 0.124. The van der Waals surface area contributed by atoms with Crippen molar-refractivity contribution in [2.24, 2.45) is 4.99 Å². The molecule has 0 spiro atoms. The molecule has 0 radical (unpaired) electrons. The third-order valence-electron chi connectivity index (χ3n) is 5.29. The molecule has 3 aromatic rings. The second-order valence-electron chi connectivity index (χ2n) is 7.21. The molecule has 1 aliphatic heterocycles. The lowest BCUT2D eigenvalue weighted by molar-refractivity contribution is 0.412. The first kappa shape index (κ1) is 19.8. The number of hydrogen-bond acceptors (Lipinski definition) is 3. The number of halogens is 2. The molecule has 3 aromatic carbocycles. The molecule has 5 heteroatoms. The summed E-state index contributed by atoms with van der Waals surface area (Å²) in [5, 5.41) is 14.0. The van der Waals surface area contributed by atoms with Gasteiger partial charge in [0.2, 0.25) is 0 Å². The van der Waals surface area contributed by atoms with Gasteiger partial charge in [-0.05, 0) is 53.4 Å². The zero-order valence-corrected chi connectivity index (χ0v) is 17.7. The SMILES string of the molecule is CCc1ccc(C2=N[C@@H](c3ccc(F)cc3)N[C@@H](c3cc(Br)ccc3O)C2)cc1. The van der Waals surface area contributed by atoms with Crippen LogP contribution in [0.25, 0.3) is 0 Å². The molecule has 4 rings (SSSR count). The molecular formula is C24H22BrFN2O. The second-order valence-corrected chi connectivity index (χ2v) is 8.12. The fraction of sp³-hybridized carbons (Fsp3) is 0.208. The summed E-state index contributed by atoms with van der Waals surface area (Å²) in [4.78, 5) is 4.93. The highest BCUT2D eigenvalue weighted by Crippen LogP contribution is 2.35. The van der Waals surface area contributed by atoms with Crippen LogP contribution in [0.5, 0.6) is 5.75 Å². The van der Waals surface area contributed by atoms with Crippen molar-refractivity contribution in [2.75, 3.05) is 0 Å². The number of rotatable bonds is 4. The zero-order chi connectivity index (χ0) is 20.4. The Hall–Kier alpha value is -2.50. The Labute approximate surface area is 178 Å². The Morgan fingerprint density at radius 1 is 1.07 bits per heavy atom. The summed E-state index contributed by atoms with van der Waals surface area (Å²) < 4.78 is 14.3. The maximum absolute atomic E-state index is 13.4. The summed E-state index contributed by atoms with van der Waals surface area (Å²) in [7, 11) is 0. The van der Waals surface area contributed by atoms with Crippen LogP contribution in [0, 0.1) is 5.82 Å². The number of nitrogens with one attached hydrogen (secondary N) is 1. The van der Waals surface area contributed by atoms with Crippen LogP contribution in [0.15, 0.2) is 76.2 Å². The van der Waals surface area contributed by atoms with E-state index in [9.17, 15) is 9.50 Å². The normalized spacial score (nSPS) is 19.1. The van der Waals surface area contributed by atoms with Crippen LogP contribution >= 0.6 is 15.9 Å². The average molecular weight is 453 g/mol. The molecule has 0 aromatic heterocycles. The van der Waals surface area contributed by atoms with Crippen molar-refractivity contribution in [3.63, 3.8) is 0 Å². The van der Waals surface area contributed by atoms with E-state index in [-0.39, 0.29) is 23.8 Å². The molecule has 0 saturated carbocycles. The largest absolute Gasteiger partial charge is 0.508 e. The molecule has 0 amide bonds. The van der Waals surface area contributed by atoms with E-state index in [2.05, 4.69) is 52.4 Å². The van der Waals surface area contributed by atoms with Gasteiger partial charge in [0.25, 0.3) is 0 Å². The number of phenolic OH excluding ortho intramolecular Hbond substituents is 1. The van der Waals surface area contributed by atoms with Gasteiger partial charge in [0.15, 0.2) is 0 Å². The molecule has 0 fully saturated rings. The molecule has 1 heterocycles. The summed E-state index contributed by atoms with van der Waals surface area (Å²) in [6.07, 6.45) is 1.31. The zero-order valence-electron chi connectivity index (χ0n) is 16.1. The van der Waals surface area contributed by atoms with E-state index in [0.29, 0.717) is 6.42 Å². The molecule has 29 heavy (non-hydrogen) atoms. The minimum atomic E-state index is -0.325. The number of hydrogen-bond donors (Lipinski definition) is 2. The molecule has 2 N–H and O–H groups in total. The molecule has 0 unspecified atom stereocenters. The van der Waals surface area contributed by atoms with Crippen molar-refractivity contribution < 1.29 is 9.50 Å². The lowest BCUT2D eigenvalue weighted by Gasteiger charge is -2.31. The maximum Gasteiger partial charge on any atom is 0.126 e. The molecule has 148 valence electrons. The molecular weight excluding hydrogens is 431 g/mol. The first-order chi connectivity index (χ1) is 14.0. The Balaban J connectivity index is 1.75. The first-order valence-corrected chi connectivity index (χ1v) is 10.5. The van der Waals surface area contributed by atoms with E-state index in [0.717, 1.165) is 33.3 Å². The van der Waals surface area contributed by atoms with Crippen LogP contribution in [0.2, 0.25) is 0 Å². The third kappa shape index (κ3) is 4.41. The van der Waals surface area contributed by atoms with E-state index < -0.39 is 0 Å². The maximum atomic E-state index is 13.4. The van der Waals surface area contributed by atoms with Gasteiger partial charge in [-0.2, -0.15) is 0 Å². The fourth-order valence-electron chi connectivity index (χ4n) is 3.63. The molecule has 0 bridgehead atoms. The number of aliphatic imine (C=N–C) groups is 1. The average Bonchev–Trinajstić information content (AvgIpc) is 2.75. The van der Waals surface area contributed by atoms with Crippen molar-refractivity contribution in [3.05, 3.63) is 99.3 Å². The number of benzene rings is 3. The fourth-order valence-corrected chi connectivity index (χ4v) is 4.01. The van der Waals surface area contributed by atoms with Crippen molar-refractivity contribution in [3.8, 4) is 5.75 Å². The molecule has 3 nitrogen and oxygen atoms in total. The minimum Gasteiger partial charge on any atom is -0.508 e. The van der Waals surface area contributed by atoms with E-state index in [1.807, 2.05) is 12.1 Å². The number of phenols is 1. The topological polar surface area (TPSA) is 44.6 Å². The van der Waals surface area contributed by atoms with Gasteiger partial charge in [-0.25, -0.2) is 4.39 Å². The molecule has 0 saturated heterocycles. The Morgan fingerprint density at radius 3 is 2.48 bits per heavy atom. The van der Waals surface area contributed by atoms with E-state index in [1.165, 1.54) is 17.7 Å². The van der Waals surface area contributed by atoms with Gasteiger partial charge in [0.05, 0.1) is 0 Å². The van der Waals surface area contributed by atoms with Crippen LogP contribution < -0.4 is 5.32 Å². The summed E-state index contributed by atoms with van der Waals surface area (Å²) in [6, 6.07) is 20.1. The molecule has 1 aliphatic rings. The van der Waals surface area contributed by atoms with E-state index in [4.69, 9.17) is 4.99 Å². The van der Waals surface area contributed by atoms with E-state index >= 15 is 0 Å². The van der Waals surface area contributed by atoms with E-state index in [1.54, 1.807) is 18.2 Å². The van der Waals surface area contributed by atoms with Crippen molar-refractivity contribution in [1.29, 1.82) is 0 Å². The highest BCUT2D eigenvalue weighted by atomic mass is 79.9. The predicted octanol–water partition coefficient (Wildman–Crippen LogP) is 6.08. The van der Waals surface area contributed by atoms with Crippen LogP contribution in [-0.4, -0.2) is 10.8 Å². The van der Waals surface area contributed by atoms with Crippen LogP contribution in [0.3, 0.4) is 0 Å². The van der Waals surface area contributed by atoms with Gasteiger partial charge < -0.3 is 5.11 Å². The van der Waals surface area contributed by atoms with Gasteiger partial charge in [0, 0.05) is 28.2 Å². The van der Waals surface area contributed by atoms with Crippen molar-refractivity contribution in [2.45, 2.75) is 32.0 Å². The Kier molecular flexibility index (Phi) is 5.79. The van der Waals surface area contributed by atoms with Gasteiger partial charge in [-0.1, -0.05) is 59.3 Å². The number of nitrogens with zero attached hydrogens (tertiary/aromatic N) is 1. The van der Waals surface area contributed by atoms with Gasteiger partial charge in [-0.3, -0.25) is 10.3 Å². The van der Waals surface area contributed by atoms with Crippen molar-refractivity contribution >= 4 is 21.6 Å². The summed E-state index contributed by atoms with van der Waals surface area (Å²) in [5.41, 5.74) is 5.00. The van der Waals surface area contributed by atoms with Gasteiger partial charge in [0.1, 0.15) is 17.7 Å². The quantitative estimate of drug-likeness (QED) is 0.503. The highest BCUT2D eigenvalue weighted by Gasteiger charge is 2.27. The Bertz CT molecular complexity index is 1030. The van der Waals surface area contributed by atoms with Gasteiger partial charge >= 0.3 is 0 Å². The summed E-state index contributed by atoms with van der Waals surface area (Å²) >= 11 is 3.50. The number of aryl methyl sites for hydroxylation is 1. The lowest BCUT2D eigenvalue weighted by atomic mass is 9.93. The Morgan fingerprint density at radius 2 is 1.79 bits per heavy atom. The lowest BCUT2D eigenvalue weighted by Crippen LogP contribution is -2.33. The van der Waals surface area contributed by atoms with Gasteiger partial charge in [-0.15, -0.1) is 0 Å². The van der Waals surface area contributed by atoms with Crippen LogP contribution in [-0.2, 0) is 6.42 Å². The standard InChI is InChI=1S/C24H22BrFN2O/c1-2-15-3-5-16(6-4-15)21-14-22(20-13-18(25)9-12-23(20)29)28-24(27-21)17-7-10-19(26)11-8-17/h3-13,22,24,28-29H,2,14H2,1H3/t22-,24-/m1/s1. The smallest absolute Gasteiger partial charge is 0.126 e. The highest BCUT2D eigenvalue weighted by molar-refractivity contribution is 9.10. The first-order valence-electron chi connectivity index (χ1n) is 9.69. The predicted molar refractivity (Wildman–Crippen MR) is 118 cm³/mol. The summed E-state index contributed by atoms with van der Waals surface area (Å²) in [5.74, 6) is -0.0313.